The Balaban J connectivity index is 2.28. The first-order valence-electron chi connectivity index (χ1n) is 8.55. The molecule has 0 fully saturated rings. The number of hydrogen-bond acceptors (Lipinski definition) is 5. The van der Waals surface area contributed by atoms with Crippen LogP contribution in [0.2, 0.25) is 0 Å². The van der Waals surface area contributed by atoms with E-state index in [1.165, 1.54) is 11.8 Å². The molecule has 150 valence electrons. The van der Waals surface area contributed by atoms with Crippen LogP contribution < -0.4 is 14.4 Å². The molecule has 0 aliphatic carbocycles. The van der Waals surface area contributed by atoms with Crippen molar-refractivity contribution >= 4 is 62.7 Å². The zero-order valence-electron chi connectivity index (χ0n) is 15.8. The summed E-state index contributed by atoms with van der Waals surface area (Å²) >= 11 is 4.23. The Kier molecular flexibility index (Phi) is 8.80. The summed E-state index contributed by atoms with van der Waals surface area (Å²) in [4.78, 5) is 26.0. The molecule has 6 nitrogen and oxygen atoms in total. The molecule has 0 saturated carbocycles. The molecule has 0 bridgehead atoms. The predicted octanol–water partition coefficient (Wildman–Crippen LogP) is 4.81. The quantitative estimate of drug-likeness (QED) is 0.244. The minimum absolute atomic E-state index is 0.227. The number of nitrogens with zero attached hydrogens (tertiary/aromatic N) is 1. The van der Waals surface area contributed by atoms with E-state index in [0.717, 1.165) is 9.32 Å². The third-order valence-corrected chi connectivity index (χ3v) is 5.51. The summed E-state index contributed by atoms with van der Waals surface area (Å²) in [5.74, 6) is 1.43. The number of methoxy groups -OCH3 is 1. The zero-order valence-corrected chi connectivity index (χ0v) is 20.1. The number of carbonyl (C=O) groups excluding carboxylic acids is 2. The zero-order chi connectivity index (χ0) is 20.7. The molecule has 2 aromatic carbocycles. The highest BCUT2D eigenvalue weighted by Gasteiger charge is 2.30. The van der Waals surface area contributed by atoms with Crippen LogP contribution in [-0.2, 0) is 14.3 Å². The van der Waals surface area contributed by atoms with Gasteiger partial charge in [0.2, 0.25) is 5.91 Å². The van der Waals surface area contributed by atoms with Crippen LogP contribution in [0.25, 0.3) is 0 Å². The molecular formula is C20H21I2NO5. The molecule has 0 aromatic heterocycles. The van der Waals surface area contributed by atoms with Gasteiger partial charge in [-0.1, -0.05) is 22.6 Å². The number of hydrogen-bond donors (Lipinski definition) is 0. The Hall–Kier alpha value is -1.56. The van der Waals surface area contributed by atoms with E-state index in [9.17, 15) is 9.59 Å². The molecule has 0 unspecified atom stereocenters. The Morgan fingerprint density at radius 3 is 2.25 bits per heavy atom. The predicted molar refractivity (Wildman–Crippen MR) is 125 cm³/mol. The fourth-order valence-corrected chi connectivity index (χ4v) is 3.91. The van der Waals surface area contributed by atoms with Gasteiger partial charge in [0, 0.05) is 17.0 Å². The molecule has 0 radical (unpaired) electrons. The Morgan fingerprint density at radius 2 is 1.75 bits per heavy atom. The van der Waals surface area contributed by atoms with Crippen molar-refractivity contribution in [2.75, 3.05) is 23.0 Å². The van der Waals surface area contributed by atoms with Gasteiger partial charge in [-0.05, 0) is 72.0 Å². The molecule has 0 heterocycles. The molecule has 2 aromatic rings. The van der Waals surface area contributed by atoms with Crippen LogP contribution in [0.15, 0.2) is 42.5 Å². The monoisotopic (exact) mass is 609 g/mol. The van der Waals surface area contributed by atoms with E-state index in [4.69, 9.17) is 14.2 Å². The number of carbonyl (C=O) groups is 2. The van der Waals surface area contributed by atoms with Crippen molar-refractivity contribution in [3.05, 3.63) is 46.0 Å². The molecular weight excluding hydrogens is 588 g/mol. The van der Waals surface area contributed by atoms with Crippen molar-refractivity contribution in [2.45, 2.75) is 19.9 Å². The molecule has 1 atom stereocenters. The maximum absolute atomic E-state index is 12.3. The van der Waals surface area contributed by atoms with Crippen molar-refractivity contribution in [1.82, 2.24) is 0 Å². The van der Waals surface area contributed by atoms with Crippen molar-refractivity contribution < 1.29 is 23.8 Å². The Labute approximate surface area is 191 Å². The summed E-state index contributed by atoms with van der Waals surface area (Å²) in [6.45, 7) is 3.45. The molecule has 0 N–H and O–H groups in total. The highest BCUT2D eigenvalue weighted by molar-refractivity contribution is 14.1. The van der Waals surface area contributed by atoms with Gasteiger partial charge in [-0.2, -0.15) is 0 Å². The number of anilines is 1. The topological polar surface area (TPSA) is 65.1 Å². The molecule has 0 saturated heterocycles. The lowest BCUT2D eigenvalue weighted by molar-refractivity contribution is -0.145. The number of amides is 1. The van der Waals surface area contributed by atoms with Gasteiger partial charge in [0.1, 0.15) is 23.3 Å². The lowest BCUT2D eigenvalue weighted by atomic mass is 10.2. The van der Waals surface area contributed by atoms with Crippen LogP contribution in [0.1, 0.15) is 13.8 Å². The van der Waals surface area contributed by atoms with E-state index in [0.29, 0.717) is 21.6 Å². The summed E-state index contributed by atoms with van der Waals surface area (Å²) in [5, 5.41) is 0. The van der Waals surface area contributed by atoms with Crippen molar-refractivity contribution in [3.8, 4) is 17.2 Å². The van der Waals surface area contributed by atoms with Crippen LogP contribution >= 0.6 is 45.2 Å². The lowest BCUT2D eigenvalue weighted by Gasteiger charge is -2.28. The van der Waals surface area contributed by atoms with Crippen molar-refractivity contribution in [1.29, 1.82) is 0 Å². The highest BCUT2D eigenvalue weighted by Crippen LogP contribution is 2.32. The largest absolute Gasteiger partial charge is 0.497 e. The Morgan fingerprint density at radius 1 is 1.11 bits per heavy atom. The molecule has 0 spiro atoms. The van der Waals surface area contributed by atoms with Gasteiger partial charge in [-0.25, -0.2) is 4.79 Å². The normalized spacial score (nSPS) is 11.5. The maximum atomic E-state index is 12.3. The van der Waals surface area contributed by atoms with E-state index >= 15 is 0 Å². The van der Waals surface area contributed by atoms with Crippen molar-refractivity contribution in [2.24, 2.45) is 0 Å². The fraction of sp³-hybridized carbons (Fsp3) is 0.300. The number of halogens is 2. The summed E-state index contributed by atoms with van der Waals surface area (Å²) in [6, 6.07) is 12.0. The summed E-state index contributed by atoms with van der Waals surface area (Å²) in [5.41, 5.74) is 0.619. The van der Waals surface area contributed by atoms with Crippen LogP contribution in [0.4, 0.5) is 5.69 Å². The standard InChI is InChI=1S/C20H21I2NO5/c1-4-27-20(25)18(12-21)23(13(2)24)14-5-10-19(17(22)11-14)28-16-8-6-15(26-3)7-9-16/h5-11,18H,4,12H2,1-3H3/t18-/m0/s1. The fourth-order valence-electron chi connectivity index (χ4n) is 2.55. The first-order valence-corrected chi connectivity index (χ1v) is 11.2. The third kappa shape index (κ3) is 5.72. The number of benzene rings is 2. The second-order valence-electron chi connectivity index (χ2n) is 5.70. The summed E-state index contributed by atoms with van der Waals surface area (Å²) in [6.07, 6.45) is 0. The van der Waals surface area contributed by atoms with Gasteiger partial charge in [-0.15, -0.1) is 0 Å². The number of esters is 1. The molecule has 1 amide bonds. The summed E-state index contributed by atoms with van der Waals surface area (Å²) in [7, 11) is 1.61. The molecule has 0 aliphatic rings. The molecule has 8 heteroatoms. The van der Waals surface area contributed by atoms with Crippen LogP contribution in [-0.4, -0.2) is 36.1 Å². The average Bonchev–Trinajstić information content (AvgIpc) is 2.68. The number of rotatable bonds is 8. The van der Waals surface area contributed by atoms with E-state index in [-0.39, 0.29) is 12.5 Å². The van der Waals surface area contributed by atoms with E-state index in [1.807, 2.05) is 30.3 Å². The second kappa shape index (κ2) is 10.8. The third-order valence-electron chi connectivity index (χ3n) is 3.84. The van der Waals surface area contributed by atoms with Crippen molar-refractivity contribution in [3.63, 3.8) is 0 Å². The summed E-state index contributed by atoms with van der Waals surface area (Å²) < 4.78 is 17.4. The molecule has 0 aliphatic heterocycles. The maximum Gasteiger partial charge on any atom is 0.330 e. The molecule has 28 heavy (non-hydrogen) atoms. The molecule has 2 rings (SSSR count). The highest BCUT2D eigenvalue weighted by atomic mass is 127. The first kappa shape index (κ1) is 22.7. The number of ether oxygens (including phenoxy) is 3. The smallest absolute Gasteiger partial charge is 0.330 e. The lowest BCUT2D eigenvalue weighted by Crippen LogP contribution is -2.46. The second-order valence-corrected chi connectivity index (χ2v) is 7.75. The van der Waals surface area contributed by atoms with E-state index in [2.05, 4.69) is 45.2 Å². The minimum atomic E-state index is -0.679. The van der Waals surface area contributed by atoms with Gasteiger partial charge in [-0.3, -0.25) is 9.69 Å². The van der Waals surface area contributed by atoms with Gasteiger partial charge in [0.25, 0.3) is 0 Å². The van der Waals surface area contributed by atoms with Crippen LogP contribution in [0, 0.1) is 3.57 Å². The average molecular weight is 609 g/mol. The van der Waals surface area contributed by atoms with Crippen LogP contribution in [0.5, 0.6) is 17.2 Å². The van der Waals surface area contributed by atoms with Crippen LogP contribution in [0.3, 0.4) is 0 Å². The van der Waals surface area contributed by atoms with Gasteiger partial charge in [0.05, 0.1) is 17.3 Å². The van der Waals surface area contributed by atoms with Gasteiger partial charge in [0.15, 0.2) is 0 Å². The number of alkyl halides is 1. The minimum Gasteiger partial charge on any atom is -0.497 e. The SMILES string of the molecule is CCOC(=O)[C@H](CI)N(C(C)=O)c1ccc(Oc2ccc(OC)cc2)c(I)c1. The first-order chi connectivity index (χ1) is 13.4. The van der Waals surface area contributed by atoms with E-state index in [1.54, 1.807) is 26.2 Å². The Bertz CT molecular complexity index is 826. The van der Waals surface area contributed by atoms with Gasteiger partial charge >= 0.3 is 5.97 Å². The van der Waals surface area contributed by atoms with E-state index < -0.39 is 12.0 Å². The van der Waals surface area contributed by atoms with Gasteiger partial charge < -0.3 is 14.2 Å².